The Labute approximate surface area is 100 Å². The van der Waals surface area contributed by atoms with E-state index in [-0.39, 0.29) is 17.5 Å². The molecule has 1 atom stereocenters. The summed E-state index contributed by atoms with van der Waals surface area (Å²) in [5, 5.41) is -0.128. The fourth-order valence-electron chi connectivity index (χ4n) is 1.61. The van der Waals surface area contributed by atoms with E-state index in [9.17, 15) is 8.78 Å². The monoisotopic (exact) mass is 247 g/mol. The number of hydrogen-bond donors (Lipinski definition) is 0. The van der Waals surface area contributed by atoms with Crippen LogP contribution < -0.4 is 0 Å². The van der Waals surface area contributed by atoms with Crippen LogP contribution in [0.1, 0.15) is 12.5 Å². The molecule has 0 aliphatic rings. The van der Waals surface area contributed by atoms with Crippen molar-refractivity contribution in [2.24, 2.45) is 0 Å². The molecule has 0 aliphatic heterocycles. The summed E-state index contributed by atoms with van der Waals surface area (Å²) >= 11 is 5.76. The first kappa shape index (κ1) is 13.4. The Hall–Kier alpha value is -0.670. The Bertz CT molecular complexity index is 314. The van der Waals surface area contributed by atoms with Crippen molar-refractivity contribution in [2.45, 2.75) is 18.2 Å². The van der Waals surface area contributed by atoms with Gasteiger partial charge in [0.2, 0.25) is 0 Å². The van der Waals surface area contributed by atoms with E-state index < -0.39 is 5.92 Å². The lowest BCUT2D eigenvalue weighted by Crippen LogP contribution is -2.35. The predicted octanol–water partition coefficient (Wildman–Crippen LogP) is 3.34. The zero-order valence-electron chi connectivity index (χ0n) is 9.46. The molecule has 1 unspecified atom stereocenters. The highest BCUT2D eigenvalue weighted by atomic mass is 35.5. The lowest BCUT2D eigenvalue weighted by atomic mass is 10.1. The molecule has 1 aromatic rings. The molecule has 0 bridgehead atoms. The SMILES string of the molecule is CC(Cl)CN(C)CC(F)(F)c1ccccc1. The number of hydrogen-bond acceptors (Lipinski definition) is 1. The van der Waals surface area contributed by atoms with Crippen molar-refractivity contribution in [3.63, 3.8) is 0 Å². The topological polar surface area (TPSA) is 3.24 Å². The second-order valence-corrected chi connectivity index (χ2v) is 4.79. The molecular weight excluding hydrogens is 232 g/mol. The summed E-state index contributed by atoms with van der Waals surface area (Å²) in [5.41, 5.74) is 0.0454. The molecule has 0 heterocycles. The van der Waals surface area contributed by atoms with Crippen LogP contribution in [0.25, 0.3) is 0 Å². The summed E-state index contributed by atoms with van der Waals surface area (Å²) in [6.45, 7) is 1.93. The smallest absolute Gasteiger partial charge is 0.285 e. The first-order valence-corrected chi connectivity index (χ1v) is 5.61. The summed E-state index contributed by atoms with van der Waals surface area (Å²) in [6.07, 6.45) is 0. The third kappa shape index (κ3) is 4.06. The third-order valence-corrected chi connectivity index (χ3v) is 2.37. The van der Waals surface area contributed by atoms with Gasteiger partial charge in [-0.1, -0.05) is 30.3 Å². The molecule has 0 N–H and O–H groups in total. The van der Waals surface area contributed by atoms with E-state index in [0.717, 1.165) is 0 Å². The van der Waals surface area contributed by atoms with Crippen molar-refractivity contribution in [2.75, 3.05) is 20.1 Å². The highest BCUT2D eigenvalue weighted by molar-refractivity contribution is 6.20. The van der Waals surface area contributed by atoms with Crippen LogP contribution in [-0.2, 0) is 5.92 Å². The quantitative estimate of drug-likeness (QED) is 0.722. The van der Waals surface area contributed by atoms with Gasteiger partial charge in [0.25, 0.3) is 5.92 Å². The van der Waals surface area contributed by atoms with Crippen molar-refractivity contribution in [3.8, 4) is 0 Å². The second kappa shape index (κ2) is 5.60. The van der Waals surface area contributed by atoms with E-state index in [1.165, 1.54) is 12.1 Å². The highest BCUT2D eigenvalue weighted by Gasteiger charge is 2.32. The van der Waals surface area contributed by atoms with Gasteiger partial charge in [-0.15, -0.1) is 11.6 Å². The number of benzene rings is 1. The number of nitrogens with zero attached hydrogens (tertiary/aromatic N) is 1. The van der Waals surface area contributed by atoms with E-state index in [4.69, 9.17) is 11.6 Å². The summed E-state index contributed by atoms with van der Waals surface area (Å²) in [5.74, 6) is -2.83. The molecular formula is C12H16ClF2N. The first-order valence-electron chi connectivity index (χ1n) is 5.18. The molecule has 0 fully saturated rings. The zero-order valence-corrected chi connectivity index (χ0v) is 10.2. The van der Waals surface area contributed by atoms with Gasteiger partial charge in [0.15, 0.2) is 0 Å². The van der Waals surface area contributed by atoms with E-state index in [1.807, 2.05) is 0 Å². The van der Waals surface area contributed by atoms with Gasteiger partial charge in [-0.3, -0.25) is 4.90 Å². The number of halogens is 3. The fourth-order valence-corrected chi connectivity index (χ4v) is 1.84. The van der Waals surface area contributed by atoms with Crippen LogP contribution in [-0.4, -0.2) is 30.4 Å². The summed E-state index contributed by atoms with van der Waals surface area (Å²) < 4.78 is 27.5. The number of likely N-dealkylation sites (N-methyl/N-ethyl adjacent to an activating group) is 1. The van der Waals surface area contributed by atoms with E-state index in [2.05, 4.69) is 0 Å². The third-order valence-electron chi connectivity index (χ3n) is 2.23. The van der Waals surface area contributed by atoms with Crippen molar-refractivity contribution in [1.29, 1.82) is 0 Å². The highest BCUT2D eigenvalue weighted by Crippen LogP contribution is 2.28. The van der Waals surface area contributed by atoms with Gasteiger partial charge in [0.05, 0.1) is 6.54 Å². The minimum atomic E-state index is -2.83. The standard InChI is InChI=1S/C12H16ClF2N/c1-10(13)8-16(2)9-12(14,15)11-6-4-3-5-7-11/h3-7,10H,8-9H2,1-2H3. The van der Waals surface area contributed by atoms with Gasteiger partial charge >= 0.3 is 0 Å². The maximum Gasteiger partial charge on any atom is 0.285 e. The minimum absolute atomic E-state index is 0.0454. The zero-order chi connectivity index (χ0) is 12.2. The lowest BCUT2D eigenvalue weighted by molar-refractivity contribution is -0.0318. The molecule has 0 saturated heterocycles. The Morgan fingerprint density at radius 1 is 1.31 bits per heavy atom. The fraction of sp³-hybridized carbons (Fsp3) is 0.500. The van der Waals surface area contributed by atoms with E-state index in [1.54, 1.807) is 37.1 Å². The largest absolute Gasteiger partial charge is 0.299 e. The lowest BCUT2D eigenvalue weighted by Gasteiger charge is -2.24. The molecule has 0 radical (unpaired) electrons. The minimum Gasteiger partial charge on any atom is -0.299 e. The summed E-state index contributed by atoms with van der Waals surface area (Å²) in [4.78, 5) is 1.55. The Balaban J connectivity index is 2.65. The molecule has 90 valence electrons. The molecule has 16 heavy (non-hydrogen) atoms. The van der Waals surface area contributed by atoms with Crippen LogP contribution in [0.4, 0.5) is 8.78 Å². The summed E-state index contributed by atoms with van der Waals surface area (Å²) in [7, 11) is 1.65. The van der Waals surface area contributed by atoms with Gasteiger partial charge in [-0.2, -0.15) is 8.78 Å². The number of rotatable bonds is 5. The molecule has 0 aliphatic carbocycles. The van der Waals surface area contributed by atoms with Crippen LogP contribution >= 0.6 is 11.6 Å². The molecule has 0 amide bonds. The van der Waals surface area contributed by atoms with Crippen molar-refractivity contribution < 1.29 is 8.78 Å². The molecule has 0 saturated carbocycles. The molecule has 0 aromatic heterocycles. The molecule has 4 heteroatoms. The van der Waals surface area contributed by atoms with Gasteiger partial charge in [-0.05, 0) is 14.0 Å². The first-order chi connectivity index (χ1) is 7.42. The second-order valence-electron chi connectivity index (χ2n) is 4.05. The van der Waals surface area contributed by atoms with Crippen LogP contribution in [0.3, 0.4) is 0 Å². The van der Waals surface area contributed by atoms with Crippen LogP contribution in [0.2, 0.25) is 0 Å². The van der Waals surface area contributed by atoms with Gasteiger partial charge in [0.1, 0.15) is 0 Å². The van der Waals surface area contributed by atoms with Crippen molar-refractivity contribution in [1.82, 2.24) is 4.90 Å². The normalized spacial score (nSPS) is 14.1. The average molecular weight is 248 g/mol. The van der Waals surface area contributed by atoms with Gasteiger partial charge in [-0.25, -0.2) is 0 Å². The van der Waals surface area contributed by atoms with Crippen LogP contribution in [0, 0.1) is 0 Å². The van der Waals surface area contributed by atoms with Crippen molar-refractivity contribution in [3.05, 3.63) is 35.9 Å². The van der Waals surface area contributed by atoms with Crippen LogP contribution in [0.15, 0.2) is 30.3 Å². The Morgan fingerprint density at radius 2 is 1.88 bits per heavy atom. The maximum atomic E-state index is 13.8. The maximum absolute atomic E-state index is 13.8. The molecule has 0 spiro atoms. The van der Waals surface area contributed by atoms with E-state index in [0.29, 0.717) is 6.54 Å². The molecule has 1 aromatic carbocycles. The molecule has 1 rings (SSSR count). The predicted molar refractivity (Wildman–Crippen MR) is 63.1 cm³/mol. The summed E-state index contributed by atoms with van der Waals surface area (Å²) in [6, 6.07) is 7.85. The Morgan fingerprint density at radius 3 is 2.38 bits per heavy atom. The van der Waals surface area contributed by atoms with Crippen LogP contribution in [0.5, 0.6) is 0 Å². The van der Waals surface area contributed by atoms with Crippen molar-refractivity contribution >= 4 is 11.6 Å². The van der Waals surface area contributed by atoms with Gasteiger partial charge in [0, 0.05) is 17.5 Å². The van der Waals surface area contributed by atoms with Gasteiger partial charge < -0.3 is 0 Å². The average Bonchev–Trinajstić information content (AvgIpc) is 2.16. The Kier molecular flexibility index (Phi) is 4.69. The number of alkyl halides is 3. The molecule has 1 nitrogen and oxygen atoms in total. The van der Waals surface area contributed by atoms with E-state index >= 15 is 0 Å².